The van der Waals surface area contributed by atoms with Crippen molar-refractivity contribution in [1.82, 2.24) is 9.55 Å². The summed E-state index contributed by atoms with van der Waals surface area (Å²) in [4.78, 5) is 17.2. The SMILES string of the molecule is CCOC(=O)C(C)(C)Cc1c(C)c2cc(OC)cnc2n1Cc1ccc(Cl)cc1. The van der Waals surface area contributed by atoms with Crippen LogP contribution in [0, 0.1) is 12.3 Å². The molecule has 0 fully saturated rings. The molecular weight excluding hydrogens is 388 g/mol. The van der Waals surface area contributed by atoms with Gasteiger partial charge in [0.15, 0.2) is 0 Å². The van der Waals surface area contributed by atoms with Gasteiger partial charge in [-0.3, -0.25) is 4.79 Å². The Kier molecular flexibility index (Phi) is 6.18. The molecule has 3 aromatic rings. The van der Waals surface area contributed by atoms with Gasteiger partial charge in [0.05, 0.1) is 25.3 Å². The van der Waals surface area contributed by atoms with Crippen LogP contribution in [-0.4, -0.2) is 29.2 Å². The fourth-order valence-corrected chi connectivity index (χ4v) is 3.64. The third-order valence-corrected chi connectivity index (χ3v) is 5.44. The molecule has 0 N–H and O–H groups in total. The normalized spacial score (nSPS) is 11.7. The molecule has 0 atom stereocenters. The molecule has 1 aromatic carbocycles. The van der Waals surface area contributed by atoms with Crippen molar-refractivity contribution in [3.05, 3.63) is 58.4 Å². The second-order valence-electron chi connectivity index (χ2n) is 7.81. The van der Waals surface area contributed by atoms with Gasteiger partial charge in [0.1, 0.15) is 11.4 Å². The number of methoxy groups -OCH3 is 1. The third-order valence-electron chi connectivity index (χ3n) is 5.19. The van der Waals surface area contributed by atoms with Gasteiger partial charge in [-0.2, -0.15) is 0 Å². The number of benzene rings is 1. The first-order valence-corrected chi connectivity index (χ1v) is 10.1. The molecular formula is C23H27ClN2O3. The van der Waals surface area contributed by atoms with Gasteiger partial charge in [-0.1, -0.05) is 23.7 Å². The van der Waals surface area contributed by atoms with Gasteiger partial charge in [-0.05, 0) is 57.0 Å². The van der Waals surface area contributed by atoms with Gasteiger partial charge < -0.3 is 14.0 Å². The number of esters is 1. The fraction of sp³-hybridized carbons (Fsp3) is 0.391. The second-order valence-corrected chi connectivity index (χ2v) is 8.25. The summed E-state index contributed by atoms with van der Waals surface area (Å²) in [5.74, 6) is 0.508. The Morgan fingerprint density at radius 2 is 1.93 bits per heavy atom. The van der Waals surface area contributed by atoms with Crippen molar-refractivity contribution in [3.63, 3.8) is 0 Å². The predicted molar refractivity (Wildman–Crippen MR) is 116 cm³/mol. The van der Waals surface area contributed by atoms with E-state index in [1.165, 1.54) is 0 Å². The monoisotopic (exact) mass is 414 g/mol. The highest BCUT2D eigenvalue weighted by Gasteiger charge is 2.32. The number of hydrogen-bond donors (Lipinski definition) is 0. The van der Waals surface area contributed by atoms with Crippen LogP contribution >= 0.6 is 11.6 Å². The molecule has 0 bridgehead atoms. The molecule has 3 rings (SSSR count). The van der Waals surface area contributed by atoms with Gasteiger partial charge in [-0.15, -0.1) is 0 Å². The zero-order chi connectivity index (χ0) is 21.2. The van der Waals surface area contributed by atoms with E-state index in [4.69, 9.17) is 21.1 Å². The number of nitrogens with zero attached hydrogens (tertiary/aromatic N) is 2. The topological polar surface area (TPSA) is 53.4 Å². The van der Waals surface area contributed by atoms with E-state index in [2.05, 4.69) is 16.5 Å². The van der Waals surface area contributed by atoms with Crippen molar-refractivity contribution in [1.29, 1.82) is 0 Å². The van der Waals surface area contributed by atoms with E-state index in [1.807, 2.05) is 51.1 Å². The number of ether oxygens (including phenoxy) is 2. The zero-order valence-corrected chi connectivity index (χ0v) is 18.3. The number of aromatic nitrogens is 2. The summed E-state index contributed by atoms with van der Waals surface area (Å²) in [7, 11) is 1.63. The molecule has 2 heterocycles. The van der Waals surface area contributed by atoms with Crippen LogP contribution in [-0.2, 0) is 22.5 Å². The predicted octanol–water partition coefficient (Wildman–Crippen LogP) is 5.19. The molecule has 0 aliphatic carbocycles. The molecule has 0 saturated heterocycles. The Balaban J connectivity index is 2.11. The molecule has 0 aliphatic rings. The summed E-state index contributed by atoms with van der Waals surface area (Å²) < 4.78 is 12.8. The summed E-state index contributed by atoms with van der Waals surface area (Å²) in [5.41, 5.74) is 3.48. The minimum Gasteiger partial charge on any atom is -0.495 e. The van der Waals surface area contributed by atoms with Gasteiger partial charge >= 0.3 is 5.97 Å². The Morgan fingerprint density at radius 1 is 1.24 bits per heavy atom. The van der Waals surface area contributed by atoms with Crippen molar-refractivity contribution in [3.8, 4) is 5.75 Å². The number of hydrogen-bond acceptors (Lipinski definition) is 4. The summed E-state index contributed by atoms with van der Waals surface area (Å²) in [6, 6.07) is 9.78. The Labute approximate surface area is 176 Å². The molecule has 29 heavy (non-hydrogen) atoms. The lowest BCUT2D eigenvalue weighted by Crippen LogP contribution is -2.30. The number of pyridine rings is 1. The molecule has 2 aromatic heterocycles. The van der Waals surface area contributed by atoms with Crippen LogP contribution in [0.2, 0.25) is 5.02 Å². The molecule has 0 spiro atoms. The number of aryl methyl sites for hydroxylation is 1. The highest BCUT2D eigenvalue weighted by atomic mass is 35.5. The Morgan fingerprint density at radius 3 is 2.55 bits per heavy atom. The summed E-state index contributed by atoms with van der Waals surface area (Å²) in [6.07, 6.45) is 2.27. The molecule has 0 saturated carbocycles. The van der Waals surface area contributed by atoms with Crippen LogP contribution in [0.3, 0.4) is 0 Å². The van der Waals surface area contributed by atoms with Crippen LogP contribution < -0.4 is 4.74 Å². The summed E-state index contributed by atoms with van der Waals surface area (Å²) >= 11 is 6.05. The van der Waals surface area contributed by atoms with E-state index < -0.39 is 5.41 Å². The van der Waals surface area contributed by atoms with Crippen LogP contribution in [0.5, 0.6) is 5.75 Å². The number of halogens is 1. The quantitative estimate of drug-likeness (QED) is 0.499. The molecule has 0 radical (unpaired) electrons. The molecule has 5 nitrogen and oxygen atoms in total. The van der Waals surface area contributed by atoms with E-state index in [9.17, 15) is 4.79 Å². The van der Waals surface area contributed by atoms with E-state index in [1.54, 1.807) is 13.3 Å². The van der Waals surface area contributed by atoms with Crippen molar-refractivity contribution < 1.29 is 14.3 Å². The highest BCUT2D eigenvalue weighted by molar-refractivity contribution is 6.30. The first-order chi connectivity index (χ1) is 13.8. The second kappa shape index (κ2) is 8.46. The lowest BCUT2D eigenvalue weighted by Gasteiger charge is -2.24. The Bertz CT molecular complexity index is 1020. The van der Waals surface area contributed by atoms with E-state index in [0.717, 1.165) is 27.9 Å². The van der Waals surface area contributed by atoms with Crippen molar-refractivity contribution in [2.24, 2.45) is 5.41 Å². The standard InChI is InChI=1S/C23H27ClN2O3/c1-6-29-22(27)23(3,4)12-20-15(2)19-11-18(28-5)13-25-21(19)26(20)14-16-7-9-17(24)10-8-16/h7-11,13H,6,12,14H2,1-5H3. The molecule has 0 unspecified atom stereocenters. The van der Waals surface area contributed by atoms with E-state index >= 15 is 0 Å². The number of carbonyl (C=O) groups is 1. The van der Waals surface area contributed by atoms with Crippen LogP contribution in [0.15, 0.2) is 36.5 Å². The van der Waals surface area contributed by atoms with Crippen molar-refractivity contribution in [2.75, 3.05) is 13.7 Å². The first kappa shape index (κ1) is 21.2. The number of carbonyl (C=O) groups excluding carboxylic acids is 1. The van der Waals surface area contributed by atoms with Crippen LogP contribution in [0.4, 0.5) is 0 Å². The van der Waals surface area contributed by atoms with Crippen LogP contribution in [0.1, 0.15) is 37.6 Å². The van der Waals surface area contributed by atoms with Gasteiger partial charge in [0.2, 0.25) is 0 Å². The maximum Gasteiger partial charge on any atom is 0.311 e. The number of fused-ring (bicyclic) bond motifs is 1. The largest absolute Gasteiger partial charge is 0.495 e. The summed E-state index contributed by atoms with van der Waals surface area (Å²) in [6.45, 7) is 8.74. The lowest BCUT2D eigenvalue weighted by molar-refractivity contribution is -0.153. The average Bonchev–Trinajstić information content (AvgIpc) is 2.94. The van der Waals surface area contributed by atoms with Crippen LogP contribution in [0.25, 0.3) is 11.0 Å². The lowest BCUT2D eigenvalue weighted by atomic mass is 9.86. The van der Waals surface area contributed by atoms with Gasteiger partial charge in [0, 0.05) is 29.1 Å². The average molecular weight is 415 g/mol. The third kappa shape index (κ3) is 4.40. The van der Waals surface area contributed by atoms with Gasteiger partial charge in [-0.25, -0.2) is 4.98 Å². The first-order valence-electron chi connectivity index (χ1n) is 9.70. The Hall–Kier alpha value is -2.53. The zero-order valence-electron chi connectivity index (χ0n) is 17.6. The fourth-order valence-electron chi connectivity index (χ4n) is 3.51. The van der Waals surface area contributed by atoms with E-state index in [0.29, 0.717) is 30.3 Å². The smallest absolute Gasteiger partial charge is 0.311 e. The van der Waals surface area contributed by atoms with E-state index in [-0.39, 0.29) is 5.97 Å². The molecule has 6 heteroatoms. The summed E-state index contributed by atoms with van der Waals surface area (Å²) in [5, 5.41) is 1.72. The van der Waals surface area contributed by atoms with Gasteiger partial charge in [0.25, 0.3) is 0 Å². The molecule has 154 valence electrons. The number of rotatable bonds is 7. The maximum absolute atomic E-state index is 12.5. The minimum atomic E-state index is -0.656. The molecule has 0 amide bonds. The van der Waals surface area contributed by atoms with Crippen molar-refractivity contribution >= 4 is 28.6 Å². The molecule has 0 aliphatic heterocycles. The van der Waals surface area contributed by atoms with Crippen molar-refractivity contribution in [2.45, 2.75) is 40.7 Å². The minimum absolute atomic E-state index is 0.201. The maximum atomic E-state index is 12.5. The highest BCUT2D eigenvalue weighted by Crippen LogP contribution is 2.33.